The van der Waals surface area contributed by atoms with Gasteiger partial charge in [-0.2, -0.15) is 0 Å². The Kier molecular flexibility index (Phi) is 5.32. The molecule has 0 amide bonds. The Morgan fingerprint density at radius 3 is 2.55 bits per heavy atom. The Morgan fingerprint density at radius 2 is 1.95 bits per heavy atom. The lowest BCUT2D eigenvalue weighted by molar-refractivity contribution is -0.274. The Labute approximate surface area is 124 Å². The van der Waals surface area contributed by atoms with Gasteiger partial charge in [-0.25, -0.2) is 0 Å². The monoisotopic (exact) mass is 351 g/mol. The van der Waals surface area contributed by atoms with Gasteiger partial charge < -0.3 is 10.1 Å². The van der Waals surface area contributed by atoms with Crippen LogP contribution in [-0.2, 0) is 6.54 Å². The number of rotatable bonds is 5. The highest BCUT2D eigenvalue weighted by Crippen LogP contribution is 2.31. The van der Waals surface area contributed by atoms with Crippen molar-refractivity contribution in [2.24, 2.45) is 5.92 Å². The summed E-state index contributed by atoms with van der Waals surface area (Å²) < 4.78 is 40.6. The molecule has 1 aliphatic rings. The molecule has 0 aliphatic heterocycles. The SMILES string of the molecule is FC(F)(F)Oc1ccc(CNCC2CCCC2)cc1Br. The molecular formula is C14H17BrF3NO. The number of halogens is 4. The maximum Gasteiger partial charge on any atom is 0.573 e. The van der Waals surface area contributed by atoms with Crippen LogP contribution in [0.25, 0.3) is 0 Å². The third-order valence-corrected chi connectivity index (χ3v) is 4.08. The molecule has 0 heterocycles. The molecule has 1 aromatic carbocycles. The average Bonchev–Trinajstić information content (AvgIpc) is 2.84. The molecule has 1 fully saturated rings. The highest BCUT2D eigenvalue weighted by atomic mass is 79.9. The molecular weight excluding hydrogens is 335 g/mol. The fraction of sp³-hybridized carbons (Fsp3) is 0.571. The molecule has 1 saturated carbocycles. The van der Waals surface area contributed by atoms with E-state index in [1.165, 1.54) is 31.7 Å². The van der Waals surface area contributed by atoms with Crippen LogP contribution in [0.1, 0.15) is 31.2 Å². The van der Waals surface area contributed by atoms with Gasteiger partial charge in [0.15, 0.2) is 0 Å². The van der Waals surface area contributed by atoms with Crippen LogP contribution in [0.2, 0.25) is 0 Å². The predicted molar refractivity (Wildman–Crippen MR) is 74.5 cm³/mol. The molecule has 2 nitrogen and oxygen atoms in total. The number of hydrogen-bond acceptors (Lipinski definition) is 2. The Morgan fingerprint density at radius 1 is 1.25 bits per heavy atom. The largest absolute Gasteiger partial charge is 0.573 e. The lowest BCUT2D eigenvalue weighted by Crippen LogP contribution is -2.21. The van der Waals surface area contributed by atoms with Crippen molar-refractivity contribution in [2.75, 3.05) is 6.54 Å². The molecule has 0 unspecified atom stereocenters. The smallest absolute Gasteiger partial charge is 0.405 e. The summed E-state index contributed by atoms with van der Waals surface area (Å²) in [5, 5.41) is 3.35. The highest BCUT2D eigenvalue weighted by Gasteiger charge is 2.31. The Balaban J connectivity index is 1.85. The van der Waals surface area contributed by atoms with Gasteiger partial charge in [0.25, 0.3) is 0 Å². The molecule has 0 aromatic heterocycles. The van der Waals surface area contributed by atoms with E-state index >= 15 is 0 Å². The first-order valence-corrected chi connectivity index (χ1v) is 7.48. The molecule has 1 aromatic rings. The van der Waals surface area contributed by atoms with Gasteiger partial charge in [0.1, 0.15) is 5.75 Å². The summed E-state index contributed by atoms with van der Waals surface area (Å²) in [7, 11) is 0. The van der Waals surface area contributed by atoms with Crippen molar-refractivity contribution in [1.82, 2.24) is 5.32 Å². The normalized spacial score (nSPS) is 16.6. The summed E-state index contributed by atoms with van der Waals surface area (Å²) >= 11 is 3.11. The maximum atomic E-state index is 12.1. The third kappa shape index (κ3) is 4.98. The van der Waals surface area contributed by atoms with Crippen LogP contribution in [-0.4, -0.2) is 12.9 Å². The second-order valence-electron chi connectivity index (χ2n) is 5.09. The van der Waals surface area contributed by atoms with Crippen molar-refractivity contribution in [2.45, 2.75) is 38.6 Å². The van der Waals surface area contributed by atoms with Crippen LogP contribution < -0.4 is 10.1 Å². The summed E-state index contributed by atoms with van der Waals surface area (Å²) in [6.45, 7) is 1.62. The van der Waals surface area contributed by atoms with Crippen molar-refractivity contribution < 1.29 is 17.9 Å². The summed E-state index contributed by atoms with van der Waals surface area (Å²) in [5.41, 5.74) is 0.935. The first kappa shape index (κ1) is 15.6. The summed E-state index contributed by atoms with van der Waals surface area (Å²) in [6, 6.07) is 4.64. The Bertz CT molecular complexity index is 445. The van der Waals surface area contributed by atoms with Gasteiger partial charge in [-0.3, -0.25) is 0 Å². The molecule has 1 aliphatic carbocycles. The molecule has 0 saturated heterocycles. The minimum atomic E-state index is -4.66. The highest BCUT2D eigenvalue weighted by molar-refractivity contribution is 9.10. The summed E-state index contributed by atoms with van der Waals surface area (Å²) in [5.74, 6) is 0.531. The molecule has 0 spiro atoms. The first-order chi connectivity index (χ1) is 9.44. The van der Waals surface area contributed by atoms with Gasteiger partial charge in [-0.15, -0.1) is 13.2 Å². The zero-order valence-electron chi connectivity index (χ0n) is 11.0. The zero-order chi connectivity index (χ0) is 14.6. The predicted octanol–water partition coefficient (Wildman–Crippen LogP) is 4.63. The summed E-state index contributed by atoms with van der Waals surface area (Å²) in [4.78, 5) is 0. The van der Waals surface area contributed by atoms with E-state index in [0.29, 0.717) is 11.0 Å². The van der Waals surface area contributed by atoms with E-state index in [0.717, 1.165) is 18.0 Å². The number of alkyl halides is 3. The molecule has 6 heteroatoms. The van der Waals surface area contributed by atoms with Crippen LogP contribution in [0, 0.1) is 5.92 Å². The molecule has 2 rings (SSSR count). The van der Waals surface area contributed by atoms with Crippen LogP contribution in [0.3, 0.4) is 0 Å². The second-order valence-corrected chi connectivity index (χ2v) is 5.95. The van der Waals surface area contributed by atoms with Crippen LogP contribution in [0.5, 0.6) is 5.75 Å². The second kappa shape index (κ2) is 6.80. The van der Waals surface area contributed by atoms with Gasteiger partial charge in [-0.1, -0.05) is 18.9 Å². The minimum absolute atomic E-state index is 0.211. The number of hydrogen-bond donors (Lipinski definition) is 1. The lowest BCUT2D eigenvalue weighted by Gasteiger charge is -2.13. The van der Waals surface area contributed by atoms with Gasteiger partial charge in [-0.05, 0) is 58.9 Å². The maximum absolute atomic E-state index is 12.1. The molecule has 1 N–H and O–H groups in total. The molecule has 0 bridgehead atoms. The number of nitrogens with one attached hydrogen (secondary N) is 1. The van der Waals surface area contributed by atoms with E-state index in [1.54, 1.807) is 12.1 Å². The van der Waals surface area contributed by atoms with Crippen LogP contribution in [0.4, 0.5) is 13.2 Å². The average molecular weight is 352 g/mol. The third-order valence-electron chi connectivity index (χ3n) is 3.46. The van der Waals surface area contributed by atoms with Crippen molar-refractivity contribution >= 4 is 15.9 Å². The molecule has 112 valence electrons. The van der Waals surface area contributed by atoms with Crippen molar-refractivity contribution in [3.8, 4) is 5.75 Å². The fourth-order valence-electron chi connectivity index (χ4n) is 2.50. The van der Waals surface area contributed by atoms with Gasteiger partial charge >= 0.3 is 6.36 Å². The Hall–Kier alpha value is -0.750. The standard InChI is InChI=1S/C14H17BrF3NO/c15-12-7-11(5-6-13(12)20-14(16,17)18)9-19-8-10-3-1-2-4-10/h5-7,10,19H,1-4,8-9H2. The van der Waals surface area contributed by atoms with Gasteiger partial charge in [0.05, 0.1) is 4.47 Å². The van der Waals surface area contributed by atoms with Crippen LogP contribution >= 0.6 is 15.9 Å². The molecule has 0 radical (unpaired) electrons. The number of benzene rings is 1. The molecule has 0 atom stereocenters. The van der Waals surface area contributed by atoms with Gasteiger partial charge in [0.2, 0.25) is 0 Å². The van der Waals surface area contributed by atoms with E-state index in [1.807, 2.05) is 0 Å². The van der Waals surface area contributed by atoms with Crippen molar-refractivity contribution in [1.29, 1.82) is 0 Å². The number of ether oxygens (including phenoxy) is 1. The van der Waals surface area contributed by atoms with E-state index in [4.69, 9.17) is 0 Å². The topological polar surface area (TPSA) is 21.3 Å². The van der Waals surface area contributed by atoms with Crippen LogP contribution in [0.15, 0.2) is 22.7 Å². The van der Waals surface area contributed by atoms with E-state index in [2.05, 4.69) is 26.0 Å². The summed E-state index contributed by atoms with van der Waals surface area (Å²) in [6.07, 6.45) is 0.498. The van der Waals surface area contributed by atoms with Gasteiger partial charge in [0, 0.05) is 6.54 Å². The van der Waals surface area contributed by atoms with Crippen molar-refractivity contribution in [3.05, 3.63) is 28.2 Å². The fourth-order valence-corrected chi connectivity index (χ4v) is 3.00. The van der Waals surface area contributed by atoms with E-state index in [-0.39, 0.29) is 5.75 Å². The van der Waals surface area contributed by atoms with E-state index < -0.39 is 6.36 Å². The van der Waals surface area contributed by atoms with Crippen molar-refractivity contribution in [3.63, 3.8) is 0 Å². The van der Waals surface area contributed by atoms with E-state index in [9.17, 15) is 13.2 Å². The quantitative estimate of drug-likeness (QED) is 0.835. The first-order valence-electron chi connectivity index (χ1n) is 6.69. The minimum Gasteiger partial charge on any atom is -0.405 e. The zero-order valence-corrected chi connectivity index (χ0v) is 12.6. The lowest BCUT2D eigenvalue weighted by atomic mass is 10.1. The molecule has 20 heavy (non-hydrogen) atoms.